The highest BCUT2D eigenvalue weighted by atomic mass is 19.1. The summed E-state index contributed by atoms with van der Waals surface area (Å²) in [5.41, 5.74) is 3.48. The molecular formula is C29H47FN2O. The lowest BCUT2D eigenvalue weighted by Gasteiger charge is -2.57. The highest BCUT2D eigenvalue weighted by Gasteiger charge is 2.58. The van der Waals surface area contributed by atoms with Crippen molar-refractivity contribution in [2.45, 2.75) is 104 Å². The molecule has 4 aliphatic rings. The molecule has 0 bridgehead atoms. The van der Waals surface area contributed by atoms with Gasteiger partial charge in [-0.1, -0.05) is 56.7 Å². The van der Waals surface area contributed by atoms with Gasteiger partial charge in [-0.3, -0.25) is 0 Å². The minimum atomic E-state index is -0.737. The lowest BCUT2D eigenvalue weighted by atomic mass is 9.47. The monoisotopic (exact) mass is 458 g/mol. The molecule has 0 aromatic carbocycles. The maximum absolute atomic E-state index is 13.8. The van der Waals surface area contributed by atoms with Crippen LogP contribution in [-0.4, -0.2) is 31.1 Å². The summed E-state index contributed by atoms with van der Waals surface area (Å²) < 4.78 is 13.8. The fourth-order valence-electron chi connectivity index (χ4n) is 8.70. The van der Waals surface area contributed by atoms with Crippen LogP contribution in [0.1, 0.15) is 91.9 Å². The zero-order valence-corrected chi connectivity index (χ0v) is 21.5. The number of oxime groups is 1. The normalized spacial score (nSPS) is 44.5. The molecule has 1 aliphatic heterocycles. The Morgan fingerprint density at radius 3 is 2.73 bits per heavy atom. The van der Waals surface area contributed by atoms with Gasteiger partial charge in [0.25, 0.3) is 0 Å². The topological polar surface area (TPSA) is 33.6 Å². The van der Waals surface area contributed by atoms with Crippen molar-refractivity contribution in [1.82, 2.24) is 5.32 Å². The van der Waals surface area contributed by atoms with E-state index >= 15 is 0 Å². The predicted molar refractivity (Wildman–Crippen MR) is 136 cm³/mol. The second-order valence-electron chi connectivity index (χ2n) is 11.9. The number of nitrogens with zero attached hydrogens (tertiary/aromatic N) is 1. The Morgan fingerprint density at radius 2 is 2.03 bits per heavy atom. The zero-order chi connectivity index (χ0) is 23.6. The number of allylic oxidation sites excluding steroid dienone is 3. The van der Waals surface area contributed by atoms with E-state index < -0.39 is 6.17 Å². The van der Waals surface area contributed by atoms with Crippen molar-refractivity contribution in [3.05, 3.63) is 24.3 Å². The summed E-state index contributed by atoms with van der Waals surface area (Å²) in [7, 11) is 0. The van der Waals surface area contributed by atoms with Gasteiger partial charge >= 0.3 is 0 Å². The van der Waals surface area contributed by atoms with Gasteiger partial charge in [0.15, 0.2) is 0 Å². The number of nitrogens with one attached hydrogen (secondary N) is 1. The molecule has 33 heavy (non-hydrogen) atoms. The summed E-state index contributed by atoms with van der Waals surface area (Å²) in [5.74, 6) is 2.94. The van der Waals surface area contributed by atoms with Crippen molar-refractivity contribution in [3.63, 3.8) is 0 Å². The third-order valence-electron chi connectivity index (χ3n) is 10.3. The van der Waals surface area contributed by atoms with E-state index in [4.69, 9.17) is 4.84 Å². The van der Waals surface area contributed by atoms with Crippen molar-refractivity contribution in [2.75, 3.05) is 13.2 Å². The Bertz CT molecular complexity index is 763. The number of hydrogen-bond acceptors (Lipinski definition) is 3. The van der Waals surface area contributed by atoms with Crippen LogP contribution in [0.5, 0.6) is 0 Å². The number of rotatable bonds is 8. The number of fused-ring (bicyclic) bond motifs is 3. The SMILES string of the molecule is C=C/C=C1/CCC2C(CCC3(C)C(/C(C)=N/OCCC4NCCC4F)CCC23)C1(C)CCC. The second kappa shape index (κ2) is 10.2. The number of hydrogen-bond donors (Lipinski definition) is 1. The Balaban J connectivity index is 1.43. The van der Waals surface area contributed by atoms with Gasteiger partial charge in [0.1, 0.15) is 12.8 Å². The standard InChI is InChI=1S/C29H47FN2O/c1-6-8-21-9-10-22-24-12-11-23(20(3)32-33-19-15-27-26(30)14-18-31-27)29(24,5)17-13-25(22)28(21,4)16-7-2/h6,8,22-27,31H,1,7,9-19H2,2-5H3/b21-8-,32-20+. The van der Waals surface area contributed by atoms with Gasteiger partial charge in [-0.05, 0) is 93.4 Å². The van der Waals surface area contributed by atoms with E-state index in [1.807, 2.05) is 6.08 Å². The molecule has 8 unspecified atom stereocenters. The van der Waals surface area contributed by atoms with Gasteiger partial charge in [0, 0.05) is 18.4 Å². The molecule has 8 atom stereocenters. The molecular weight excluding hydrogens is 411 g/mol. The Kier molecular flexibility index (Phi) is 7.73. The average Bonchev–Trinajstić information content (AvgIpc) is 3.36. The van der Waals surface area contributed by atoms with Crippen LogP contribution >= 0.6 is 0 Å². The highest BCUT2D eigenvalue weighted by Crippen LogP contribution is 2.66. The fourth-order valence-corrected chi connectivity index (χ4v) is 8.70. The molecule has 4 rings (SSSR count). The van der Waals surface area contributed by atoms with Crippen molar-refractivity contribution in [3.8, 4) is 0 Å². The molecule has 1 N–H and O–H groups in total. The van der Waals surface area contributed by atoms with E-state index in [2.05, 4.69) is 50.8 Å². The van der Waals surface area contributed by atoms with Crippen molar-refractivity contribution >= 4 is 5.71 Å². The van der Waals surface area contributed by atoms with Crippen molar-refractivity contribution < 1.29 is 9.23 Å². The van der Waals surface area contributed by atoms with E-state index in [0.717, 1.165) is 30.0 Å². The van der Waals surface area contributed by atoms with E-state index in [1.165, 1.54) is 51.4 Å². The first-order valence-electron chi connectivity index (χ1n) is 13.7. The van der Waals surface area contributed by atoms with Gasteiger partial charge in [0.05, 0.1) is 5.71 Å². The van der Waals surface area contributed by atoms with Crippen molar-refractivity contribution in [1.29, 1.82) is 0 Å². The average molecular weight is 459 g/mol. The van der Waals surface area contributed by atoms with E-state index in [1.54, 1.807) is 5.57 Å². The molecule has 3 aliphatic carbocycles. The van der Waals surface area contributed by atoms with Crippen LogP contribution in [0.2, 0.25) is 0 Å². The molecule has 0 aromatic rings. The maximum Gasteiger partial charge on any atom is 0.118 e. The number of alkyl halides is 1. The van der Waals surface area contributed by atoms with Crippen LogP contribution in [0.15, 0.2) is 29.5 Å². The van der Waals surface area contributed by atoms with Crippen LogP contribution < -0.4 is 5.32 Å². The van der Waals surface area contributed by atoms with Crippen LogP contribution in [0, 0.1) is 34.5 Å². The predicted octanol–water partition coefficient (Wildman–Crippen LogP) is 7.24. The summed E-state index contributed by atoms with van der Waals surface area (Å²) in [6, 6.07) is -0.0621. The van der Waals surface area contributed by atoms with E-state index in [-0.39, 0.29) is 6.04 Å². The molecule has 4 fully saturated rings. The third kappa shape index (κ3) is 4.58. The Hall–Kier alpha value is -1.16. The largest absolute Gasteiger partial charge is 0.396 e. The summed E-state index contributed by atoms with van der Waals surface area (Å²) >= 11 is 0. The fraction of sp³-hybridized carbons (Fsp3) is 0.828. The molecule has 4 heteroatoms. The summed E-state index contributed by atoms with van der Waals surface area (Å²) in [6.07, 6.45) is 15.2. The summed E-state index contributed by atoms with van der Waals surface area (Å²) in [6.45, 7) is 14.9. The molecule has 3 nitrogen and oxygen atoms in total. The van der Waals surface area contributed by atoms with Crippen molar-refractivity contribution in [2.24, 2.45) is 39.7 Å². The van der Waals surface area contributed by atoms with Crippen LogP contribution in [-0.2, 0) is 4.84 Å². The molecule has 0 aromatic heterocycles. The first-order chi connectivity index (χ1) is 15.8. The third-order valence-corrected chi connectivity index (χ3v) is 10.3. The molecule has 3 saturated carbocycles. The molecule has 1 saturated heterocycles. The smallest absolute Gasteiger partial charge is 0.118 e. The quantitative estimate of drug-likeness (QED) is 0.236. The maximum atomic E-state index is 13.8. The minimum absolute atomic E-state index is 0.0621. The summed E-state index contributed by atoms with van der Waals surface area (Å²) in [5, 5.41) is 7.81. The molecule has 0 amide bonds. The lowest BCUT2D eigenvalue weighted by Crippen LogP contribution is -2.50. The highest BCUT2D eigenvalue weighted by molar-refractivity contribution is 5.85. The Labute approximate surface area is 201 Å². The van der Waals surface area contributed by atoms with Gasteiger partial charge in [-0.15, -0.1) is 0 Å². The molecule has 186 valence electrons. The second-order valence-corrected chi connectivity index (χ2v) is 11.9. The molecule has 0 radical (unpaired) electrons. The first kappa shape index (κ1) is 24.9. The molecule has 1 heterocycles. The lowest BCUT2D eigenvalue weighted by molar-refractivity contribution is -0.0412. The van der Waals surface area contributed by atoms with Crippen LogP contribution in [0.4, 0.5) is 4.39 Å². The summed E-state index contributed by atoms with van der Waals surface area (Å²) in [4.78, 5) is 5.72. The van der Waals surface area contributed by atoms with Gasteiger partial charge in [0.2, 0.25) is 0 Å². The molecule has 0 spiro atoms. The van der Waals surface area contributed by atoms with Crippen LogP contribution in [0.25, 0.3) is 0 Å². The number of halogens is 1. The van der Waals surface area contributed by atoms with E-state index in [9.17, 15) is 4.39 Å². The van der Waals surface area contributed by atoms with Gasteiger partial charge in [-0.25, -0.2) is 4.39 Å². The van der Waals surface area contributed by atoms with Gasteiger partial charge in [-0.2, -0.15) is 0 Å². The minimum Gasteiger partial charge on any atom is -0.396 e. The zero-order valence-electron chi connectivity index (χ0n) is 21.5. The first-order valence-corrected chi connectivity index (χ1v) is 13.7. The van der Waals surface area contributed by atoms with Crippen LogP contribution in [0.3, 0.4) is 0 Å². The van der Waals surface area contributed by atoms with Gasteiger partial charge < -0.3 is 10.2 Å². The Morgan fingerprint density at radius 1 is 1.21 bits per heavy atom. The van der Waals surface area contributed by atoms with E-state index in [0.29, 0.717) is 36.2 Å².